The van der Waals surface area contributed by atoms with Gasteiger partial charge >= 0.3 is 5.97 Å². The number of rotatable bonds is 6. The van der Waals surface area contributed by atoms with Gasteiger partial charge in [-0.25, -0.2) is 9.78 Å². The van der Waals surface area contributed by atoms with E-state index in [1.54, 1.807) is 6.92 Å². The Morgan fingerprint density at radius 1 is 1.47 bits per heavy atom. The predicted octanol–water partition coefficient (Wildman–Crippen LogP) is 0.624. The van der Waals surface area contributed by atoms with Crippen LogP contribution in [-0.4, -0.2) is 51.2 Å². The van der Waals surface area contributed by atoms with Gasteiger partial charge in [0.2, 0.25) is 0 Å². The van der Waals surface area contributed by atoms with Crippen LogP contribution < -0.4 is 5.32 Å². The van der Waals surface area contributed by atoms with Crippen molar-refractivity contribution < 1.29 is 19.8 Å². The first-order valence-electron chi connectivity index (χ1n) is 5.54. The minimum atomic E-state index is -1.14. The second-order valence-electron chi connectivity index (χ2n) is 4.35. The number of carboxylic acid groups (broad SMARTS) is 1. The van der Waals surface area contributed by atoms with Gasteiger partial charge in [0.15, 0.2) is 0 Å². The van der Waals surface area contributed by atoms with E-state index >= 15 is 0 Å². The van der Waals surface area contributed by atoms with Crippen LogP contribution in [0.3, 0.4) is 0 Å². The molecule has 0 fully saturated rings. The van der Waals surface area contributed by atoms with Crippen molar-refractivity contribution in [3.8, 4) is 0 Å². The second kappa shape index (κ2) is 6.53. The molecular weight excluding hydrogens is 268 g/mol. The first-order valence-corrected chi connectivity index (χ1v) is 6.94. The number of nitrogens with one attached hydrogen (secondary N) is 1. The Kier molecular flexibility index (Phi) is 5.31. The Morgan fingerprint density at radius 3 is 2.63 bits per heavy atom. The average Bonchev–Trinajstić information content (AvgIpc) is 2.36. The van der Waals surface area contributed by atoms with Crippen molar-refractivity contribution >= 4 is 23.6 Å². The minimum Gasteiger partial charge on any atom is -0.477 e. The molecule has 3 N–H and O–H groups in total. The molecule has 1 atom stereocenters. The molecule has 0 radical (unpaired) electrons. The number of hydrogen-bond acceptors (Lipinski definition) is 5. The molecule has 0 spiro atoms. The van der Waals surface area contributed by atoms with E-state index in [9.17, 15) is 14.7 Å². The quantitative estimate of drug-likeness (QED) is 0.708. The van der Waals surface area contributed by atoms with Crippen LogP contribution in [-0.2, 0) is 0 Å². The minimum absolute atomic E-state index is 0.118. The largest absolute Gasteiger partial charge is 0.477 e. The summed E-state index contributed by atoms with van der Waals surface area (Å²) in [6.45, 7) is 1.75. The molecule has 0 aromatic carbocycles. The van der Waals surface area contributed by atoms with Crippen molar-refractivity contribution in [1.82, 2.24) is 10.3 Å². The zero-order chi connectivity index (χ0) is 14.5. The lowest BCUT2D eigenvalue weighted by Gasteiger charge is -2.22. The van der Waals surface area contributed by atoms with E-state index in [2.05, 4.69) is 10.3 Å². The lowest BCUT2D eigenvalue weighted by atomic mass is 10.1. The maximum atomic E-state index is 11.8. The van der Waals surface area contributed by atoms with E-state index in [1.165, 1.54) is 30.1 Å². The molecule has 19 heavy (non-hydrogen) atoms. The van der Waals surface area contributed by atoms with Gasteiger partial charge in [0, 0.05) is 18.5 Å². The van der Waals surface area contributed by atoms with Crippen LogP contribution in [0.4, 0.5) is 0 Å². The number of carboxylic acids is 1. The number of aromatic carboxylic acids is 1. The number of pyridine rings is 1. The molecule has 104 valence electrons. The molecule has 0 bridgehead atoms. The highest BCUT2D eigenvalue weighted by Gasteiger charge is 2.20. The van der Waals surface area contributed by atoms with Crippen LogP contribution in [0, 0.1) is 0 Å². The fraction of sp³-hybridized carbons (Fsp3) is 0.417. The number of nitrogens with zero attached hydrogens (tertiary/aromatic N) is 1. The third kappa shape index (κ3) is 4.88. The van der Waals surface area contributed by atoms with Crippen molar-refractivity contribution in [2.24, 2.45) is 0 Å². The van der Waals surface area contributed by atoms with Gasteiger partial charge in [0.25, 0.3) is 5.91 Å². The molecule has 7 heteroatoms. The number of thioether (sulfide) groups is 1. The summed E-state index contributed by atoms with van der Waals surface area (Å²) < 4.78 is 0. The zero-order valence-corrected chi connectivity index (χ0v) is 11.5. The van der Waals surface area contributed by atoms with Gasteiger partial charge in [-0.3, -0.25) is 4.79 Å². The smallest absolute Gasteiger partial charge is 0.354 e. The van der Waals surface area contributed by atoms with E-state index in [4.69, 9.17) is 5.11 Å². The van der Waals surface area contributed by atoms with Crippen LogP contribution >= 0.6 is 11.8 Å². The van der Waals surface area contributed by atoms with Crippen molar-refractivity contribution in [3.63, 3.8) is 0 Å². The first kappa shape index (κ1) is 15.5. The fourth-order valence-corrected chi connectivity index (χ4v) is 2.11. The Morgan fingerprint density at radius 2 is 2.16 bits per heavy atom. The topological polar surface area (TPSA) is 99.5 Å². The van der Waals surface area contributed by atoms with E-state index < -0.39 is 17.5 Å². The predicted molar refractivity (Wildman–Crippen MR) is 72.5 cm³/mol. The second-order valence-corrected chi connectivity index (χ2v) is 5.22. The van der Waals surface area contributed by atoms with Gasteiger partial charge in [-0.05, 0) is 25.3 Å². The Labute approximate surface area is 115 Å². The van der Waals surface area contributed by atoms with Crippen molar-refractivity contribution in [1.29, 1.82) is 0 Å². The van der Waals surface area contributed by atoms with Crippen LogP contribution in [0.15, 0.2) is 18.3 Å². The third-order valence-corrected chi connectivity index (χ3v) is 3.24. The monoisotopic (exact) mass is 284 g/mol. The van der Waals surface area contributed by atoms with Crippen LogP contribution in [0.1, 0.15) is 27.8 Å². The summed E-state index contributed by atoms with van der Waals surface area (Å²) in [6, 6.07) is 2.65. The van der Waals surface area contributed by atoms with Crippen LogP contribution in [0.2, 0.25) is 0 Å². The van der Waals surface area contributed by atoms with Crippen LogP contribution in [0.25, 0.3) is 0 Å². The Balaban J connectivity index is 2.61. The number of carbonyl (C=O) groups excluding carboxylic acids is 1. The fourth-order valence-electron chi connectivity index (χ4n) is 1.39. The molecule has 1 heterocycles. The maximum absolute atomic E-state index is 11.8. The molecule has 0 saturated carbocycles. The highest BCUT2D eigenvalue weighted by molar-refractivity contribution is 7.98. The number of hydrogen-bond donors (Lipinski definition) is 3. The molecule has 0 aliphatic rings. The summed E-state index contributed by atoms with van der Waals surface area (Å²) in [5.41, 5.74) is -0.848. The lowest BCUT2D eigenvalue weighted by Crippen LogP contribution is -2.42. The van der Waals surface area contributed by atoms with Gasteiger partial charge in [0.1, 0.15) is 5.69 Å². The zero-order valence-electron chi connectivity index (χ0n) is 10.7. The molecule has 1 aromatic rings. The highest BCUT2D eigenvalue weighted by Crippen LogP contribution is 2.09. The van der Waals surface area contributed by atoms with Gasteiger partial charge in [-0.1, -0.05) is 0 Å². The normalized spacial score (nSPS) is 13.6. The number of amides is 1. The highest BCUT2D eigenvalue weighted by atomic mass is 32.2. The molecule has 1 unspecified atom stereocenters. The summed E-state index contributed by atoms with van der Waals surface area (Å²) in [4.78, 5) is 26.0. The molecule has 1 aromatic heterocycles. The Hall–Kier alpha value is -1.60. The lowest BCUT2D eigenvalue weighted by molar-refractivity contribution is 0.0689. The van der Waals surface area contributed by atoms with Gasteiger partial charge < -0.3 is 15.5 Å². The first-order chi connectivity index (χ1) is 8.85. The maximum Gasteiger partial charge on any atom is 0.354 e. The van der Waals surface area contributed by atoms with Crippen molar-refractivity contribution in [2.75, 3.05) is 18.6 Å². The molecule has 1 amide bonds. The van der Waals surface area contributed by atoms with Gasteiger partial charge in [-0.15, -0.1) is 0 Å². The molecule has 0 aliphatic heterocycles. The van der Waals surface area contributed by atoms with Crippen molar-refractivity contribution in [2.45, 2.75) is 12.5 Å². The molecule has 0 aliphatic carbocycles. The average molecular weight is 284 g/mol. The number of aromatic nitrogens is 1. The molecule has 1 rings (SSSR count). The summed E-state index contributed by atoms with van der Waals surface area (Å²) in [5, 5.41) is 21.2. The summed E-state index contributed by atoms with van der Waals surface area (Å²) in [5.74, 6) is -1.04. The molecule has 0 saturated heterocycles. The standard InChI is InChI=1S/C12H16N2O4S/c1-12(18,7-19-2)6-14-10(15)8-3-4-9(11(16)17)13-5-8/h3-5,18H,6-7H2,1-2H3,(H,14,15)(H,16,17). The van der Waals surface area contributed by atoms with E-state index in [0.29, 0.717) is 5.75 Å². The Bertz CT molecular complexity index is 459. The number of aliphatic hydroxyl groups is 1. The van der Waals surface area contributed by atoms with Gasteiger partial charge in [-0.2, -0.15) is 11.8 Å². The summed E-state index contributed by atoms with van der Waals surface area (Å²) >= 11 is 1.48. The third-order valence-electron chi connectivity index (χ3n) is 2.33. The summed E-state index contributed by atoms with van der Waals surface area (Å²) in [7, 11) is 0. The number of carbonyl (C=O) groups is 2. The van der Waals surface area contributed by atoms with E-state index in [-0.39, 0.29) is 17.8 Å². The SMILES string of the molecule is CSCC(C)(O)CNC(=O)c1ccc(C(=O)O)nc1. The van der Waals surface area contributed by atoms with E-state index in [0.717, 1.165) is 0 Å². The summed E-state index contributed by atoms with van der Waals surface area (Å²) in [6.07, 6.45) is 3.06. The molecular formula is C12H16N2O4S. The van der Waals surface area contributed by atoms with Crippen LogP contribution in [0.5, 0.6) is 0 Å². The molecule has 6 nitrogen and oxygen atoms in total. The van der Waals surface area contributed by atoms with Crippen molar-refractivity contribution in [3.05, 3.63) is 29.6 Å². The van der Waals surface area contributed by atoms with E-state index in [1.807, 2.05) is 6.26 Å². The van der Waals surface area contributed by atoms with Gasteiger partial charge in [0.05, 0.1) is 11.2 Å².